The first-order valence-electron chi connectivity index (χ1n) is 10.5. The Morgan fingerprint density at radius 3 is 2.19 bits per heavy atom. The molecule has 6 nitrogen and oxygen atoms in total. The van der Waals surface area contributed by atoms with Gasteiger partial charge in [-0.3, -0.25) is 4.68 Å². The number of halogens is 2. The predicted octanol–water partition coefficient (Wildman–Crippen LogP) is 5.19. The van der Waals surface area contributed by atoms with E-state index in [1.54, 1.807) is 23.1 Å². The van der Waals surface area contributed by atoms with Gasteiger partial charge < -0.3 is 4.74 Å². The molecule has 0 atom stereocenters. The Hall–Kier alpha value is -3.26. The fourth-order valence-corrected chi connectivity index (χ4v) is 3.08. The smallest absolute Gasteiger partial charge is 0.179 e. The topological polar surface area (TPSA) is 65.7 Å². The Labute approximate surface area is 186 Å². The van der Waals surface area contributed by atoms with Crippen LogP contribution in [0.1, 0.15) is 30.7 Å². The summed E-state index contributed by atoms with van der Waals surface area (Å²) >= 11 is 0. The van der Waals surface area contributed by atoms with E-state index in [4.69, 9.17) is 4.74 Å². The lowest BCUT2D eigenvalue weighted by atomic mass is 10.0. The zero-order valence-electron chi connectivity index (χ0n) is 18.6. The van der Waals surface area contributed by atoms with Crippen LogP contribution >= 0.6 is 0 Å². The molecule has 4 heterocycles. The number of fused-ring (bicyclic) bond motifs is 1. The molecule has 0 bridgehead atoms. The highest BCUT2D eigenvalue weighted by molar-refractivity contribution is 5.89. The summed E-state index contributed by atoms with van der Waals surface area (Å²) in [6.07, 6.45) is 9.11. The quantitative estimate of drug-likeness (QED) is 0.408. The first-order valence-corrected chi connectivity index (χ1v) is 10.5. The monoisotopic (exact) mass is 439 g/mol. The van der Waals surface area contributed by atoms with Crippen molar-refractivity contribution >= 4 is 11.2 Å². The molecule has 1 aliphatic heterocycles. The second-order valence-electron chi connectivity index (χ2n) is 7.40. The molecular formula is C24H27F2N5O. The molecule has 1 saturated heterocycles. The van der Waals surface area contributed by atoms with E-state index in [1.165, 1.54) is 31.4 Å². The van der Waals surface area contributed by atoms with Crippen molar-refractivity contribution in [1.82, 2.24) is 24.7 Å². The third-order valence-corrected chi connectivity index (χ3v) is 4.92. The Morgan fingerprint density at radius 1 is 0.906 bits per heavy atom. The Balaban J connectivity index is 0.000000195. The number of pyridine rings is 1. The van der Waals surface area contributed by atoms with E-state index in [1.807, 2.05) is 33.2 Å². The molecule has 32 heavy (non-hydrogen) atoms. The molecule has 0 amide bonds. The number of hydrogen-bond donors (Lipinski definition) is 0. The third kappa shape index (κ3) is 6.37. The van der Waals surface area contributed by atoms with Crippen molar-refractivity contribution in [2.45, 2.75) is 33.1 Å². The summed E-state index contributed by atoms with van der Waals surface area (Å²) < 4.78 is 33.8. The van der Waals surface area contributed by atoms with E-state index in [0.29, 0.717) is 16.7 Å². The van der Waals surface area contributed by atoms with Crippen LogP contribution in [-0.2, 0) is 11.8 Å². The predicted molar refractivity (Wildman–Crippen MR) is 120 cm³/mol. The summed E-state index contributed by atoms with van der Waals surface area (Å²) in [5.41, 5.74) is 3.35. The summed E-state index contributed by atoms with van der Waals surface area (Å²) in [6.45, 7) is 5.67. The number of rotatable bonds is 1. The minimum Gasteiger partial charge on any atom is -0.381 e. The van der Waals surface area contributed by atoms with Crippen LogP contribution < -0.4 is 0 Å². The van der Waals surface area contributed by atoms with E-state index < -0.39 is 11.6 Å². The van der Waals surface area contributed by atoms with Crippen molar-refractivity contribution in [3.63, 3.8) is 0 Å². The van der Waals surface area contributed by atoms with Gasteiger partial charge in [-0.05, 0) is 57.4 Å². The Bertz CT molecular complexity index is 1130. The molecule has 8 heteroatoms. The lowest BCUT2D eigenvalue weighted by Gasteiger charge is -2.08. The number of nitrogens with zero attached hydrogens (tertiary/aromatic N) is 5. The van der Waals surface area contributed by atoms with Crippen molar-refractivity contribution in [3.05, 3.63) is 71.9 Å². The highest BCUT2D eigenvalue weighted by atomic mass is 19.1. The van der Waals surface area contributed by atoms with E-state index in [0.717, 1.165) is 30.7 Å². The number of ether oxygens (including phenoxy) is 1. The first-order chi connectivity index (χ1) is 15.5. The van der Waals surface area contributed by atoms with E-state index in [2.05, 4.69) is 20.1 Å². The van der Waals surface area contributed by atoms with Gasteiger partial charge in [0.1, 0.15) is 17.2 Å². The van der Waals surface area contributed by atoms with Crippen LogP contribution in [0.3, 0.4) is 0 Å². The third-order valence-electron chi connectivity index (χ3n) is 4.92. The van der Waals surface area contributed by atoms with Crippen LogP contribution in [0, 0.1) is 25.5 Å². The van der Waals surface area contributed by atoms with Gasteiger partial charge in [-0.1, -0.05) is 0 Å². The number of hydrogen-bond acceptors (Lipinski definition) is 5. The normalized spacial score (nSPS) is 13.0. The zero-order valence-corrected chi connectivity index (χ0v) is 18.6. The van der Waals surface area contributed by atoms with Gasteiger partial charge >= 0.3 is 0 Å². The average molecular weight is 440 g/mol. The molecule has 168 valence electrons. The SMILES string of the molecule is C1CCOCC1.Cc1nc2nccc(-c3ccc(F)cc3F)c2nc1C.Cn1cccn1. The van der Waals surface area contributed by atoms with Crippen molar-refractivity contribution in [1.29, 1.82) is 0 Å². The molecule has 1 aliphatic rings. The minimum absolute atomic E-state index is 0.288. The van der Waals surface area contributed by atoms with Crippen LogP contribution in [0.5, 0.6) is 0 Å². The molecule has 0 unspecified atom stereocenters. The molecule has 0 N–H and O–H groups in total. The maximum absolute atomic E-state index is 13.9. The molecule has 1 aromatic carbocycles. The highest BCUT2D eigenvalue weighted by Crippen LogP contribution is 2.28. The van der Waals surface area contributed by atoms with Crippen LogP contribution in [0.4, 0.5) is 8.78 Å². The molecule has 5 rings (SSSR count). The van der Waals surface area contributed by atoms with Gasteiger partial charge in [0, 0.05) is 56.0 Å². The molecular weight excluding hydrogens is 412 g/mol. The highest BCUT2D eigenvalue weighted by Gasteiger charge is 2.13. The second-order valence-corrected chi connectivity index (χ2v) is 7.40. The van der Waals surface area contributed by atoms with Crippen molar-refractivity contribution in [2.75, 3.05) is 13.2 Å². The standard InChI is InChI=1S/C15H11F2N3.C5H10O.C4H6N2/c1-8-9(2)20-15-14(19-8)12(5-6-18-15)11-4-3-10(16)7-13(11)17;1-2-4-6-5-3-1;1-6-4-2-3-5-6/h3-7H,1-2H3;1-5H2;2-4H,1H3. The van der Waals surface area contributed by atoms with Gasteiger partial charge in [-0.15, -0.1) is 0 Å². The molecule has 1 fully saturated rings. The molecule has 3 aromatic heterocycles. The summed E-state index contributed by atoms with van der Waals surface area (Å²) in [6, 6.07) is 7.02. The van der Waals surface area contributed by atoms with Gasteiger partial charge in [0.2, 0.25) is 0 Å². The Morgan fingerprint density at radius 2 is 1.66 bits per heavy atom. The van der Waals surface area contributed by atoms with Gasteiger partial charge in [-0.2, -0.15) is 5.10 Å². The van der Waals surface area contributed by atoms with E-state index in [-0.39, 0.29) is 5.56 Å². The van der Waals surface area contributed by atoms with E-state index >= 15 is 0 Å². The Kier molecular flexibility index (Phi) is 8.33. The molecule has 0 aliphatic carbocycles. The molecule has 0 radical (unpaired) electrons. The molecule has 0 saturated carbocycles. The van der Waals surface area contributed by atoms with Gasteiger partial charge in [0.05, 0.1) is 11.4 Å². The van der Waals surface area contributed by atoms with Crippen LogP contribution in [0.2, 0.25) is 0 Å². The summed E-state index contributed by atoms with van der Waals surface area (Å²) in [5.74, 6) is -1.24. The number of aryl methyl sites for hydroxylation is 3. The van der Waals surface area contributed by atoms with Crippen molar-refractivity contribution in [2.24, 2.45) is 7.05 Å². The maximum Gasteiger partial charge on any atom is 0.179 e. The fraction of sp³-hybridized carbons (Fsp3) is 0.333. The van der Waals surface area contributed by atoms with Crippen molar-refractivity contribution < 1.29 is 13.5 Å². The van der Waals surface area contributed by atoms with Gasteiger partial charge in [0.25, 0.3) is 0 Å². The maximum atomic E-state index is 13.9. The van der Waals surface area contributed by atoms with Crippen LogP contribution in [0.15, 0.2) is 48.9 Å². The van der Waals surface area contributed by atoms with E-state index in [9.17, 15) is 8.78 Å². The summed E-state index contributed by atoms with van der Waals surface area (Å²) in [4.78, 5) is 12.9. The zero-order chi connectivity index (χ0) is 22.9. The van der Waals surface area contributed by atoms with Gasteiger partial charge in [-0.25, -0.2) is 23.7 Å². The lowest BCUT2D eigenvalue weighted by Crippen LogP contribution is -2.03. The number of aromatic nitrogens is 5. The summed E-state index contributed by atoms with van der Waals surface area (Å²) in [5, 5.41) is 3.83. The van der Waals surface area contributed by atoms with Crippen LogP contribution in [0.25, 0.3) is 22.3 Å². The molecule has 0 spiro atoms. The second kappa shape index (κ2) is 11.4. The van der Waals surface area contributed by atoms with Crippen LogP contribution in [-0.4, -0.2) is 37.9 Å². The number of benzene rings is 1. The largest absolute Gasteiger partial charge is 0.381 e. The lowest BCUT2D eigenvalue weighted by molar-refractivity contribution is 0.0968. The van der Waals surface area contributed by atoms with Gasteiger partial charge in [0.15, 0.2) is 5.65 Å². The minimum atomic E-state index is -0.627. The average Bonchev–Trinajstić information content (AvgIpc) is 3.28. The summed E-state index contributed by atoms with van der Waals surface area (Å²) in [7, 11) is 1.89. The fourth-order valence-electron chi connectivity index (χ4n) is 3.08. The molecule has 4 aromatic rings. The first kappa shape index (κ1) is 23.4. The van der Waals surface area contributed by atoms with Crippen molar-refractivity contribution in [3.8, 4) is 11.1 Å².